The van der Waals surface area contributed by atoms with Gasteiger partial charge in [-0.3, -0.25) is 0 Å². The van der Waals surface area contributed by atoms with E-state index in [2.05, 4.69) is 10.6 Å². The second kappa shape index (κ2) is 10.5. The number of nitrogens with one attached hydrogen (secondary N) is 2. The van der Waals surface area contributed by atoms with E-state index in [4.69, 9.17) is 26.4 Å². The first kappa shape index (κ1) is 23.6. The number of rotatable bonds is 7. The Balaban J connectivity index is 1.84. The van der Waals surface area contributed by atoms with Crippen molar-refractivity contribution in [2.75, 3.05) is 26.6 Å². The number of methoxy groups -OCH3 is 3. The fourth-order valence-corrected chi connectivity index (χ4v) is 4.84. The highest BCUT2D eigenvalue weighted by Gasteiger charge is 2.24. The minimum Gasteiger partial charge on any atom is -0.493 e. The Labute approximate surface area is 197 Å². The quantitative estimate of drug-likeness (QED) is 0.345. The molecule has 1 atom stereocenters. The van der Waals surface area contributed by atoms with Crippen LogP contribution in [-0.2, 0) is 4.74 Å². The van der Waals surface area contributed by atoms with Crippen LogP contribution in [0.15, 0.2) is 48.5 Å². The molecular weight excluding hydrogens is 444 g/mol. The molecule has 0 saturated carbocycles. The summed E-state index contributed by atoms with van der Waals surface area (Å²) in [7, 11) is 4.58. The van der Waals surface area contributed by atoms with E-state index in [-0.39, 0.29) is 6.04 Å². The number of thiocarbonyl (C=S) groups is 1. The van der Waals surface area contributed by atoms with Crippen molar-refractivity contribution in [3.8, 4) is 22.6 Å². The van der Waals surface area contributed by atoms with Crippen LogP contribution in [0.3, 0.4) is 0 Å². The topological polar surface area (TPSA) is 68.8 Å². The standard InChI is InChI=1S/C24H26N2O4S2/c1-14(17-11-12-18(28-3)19(13-17)29-4)25-24(31)26-22-21(23(27)30-5)20(15(2)32-22)16-9-7-6-8-10-16/h6-14H,1-5H3,(H2,25,26,31). The number of carbonyl (C=O) groups is 1. The van der Waals surface area contributed by atoms with Crippen molar-refractivity contribution in [3.63, 3.8) is 0 Å². The van der Waals surface area contributed by atoms with Gasteiger partial charge in [-0.1, -0.05) is 36.4 Å². The van der Waals surface area contributed by atoms with Gasteiger partial charge in [-0.25, -0.2) is 4.79 Å². The second-order valence-electron chi connectivity index (χ2n) is 7.03. The molecule has 0 aliphatic carbocycles. The third-order valence-corrected chi connectivity index (χ3v) is 6.26. The first-order valence-corrected chi connectivity index (χ1v) is 11.2. The Morgan fingerprint density at radius 2 is 1.72 bits per heavy atom. The summed E-state index contributed by atoms with van der Waals surface area (Å²) in [6.45, 7) is 3.97. The van der Waals surface area contributed by atoms with Crippen LogP contribution in [0.1, 0.15) is 33.8 Å². The van der Waals surface area contributed by atoms with Crippen molar-refractivity contribution in [3.05, 3.63) is 64.5 Å². The lowest BCUT2D eigenvalue weighted by molar-refractivity contribution is 0.0603. The highest BCUT2D eigenvalue weighted by atomic mass is 32.1. The summed E-state index contributed by atoms with van der Waals surface area (Å²) in [5, 5.41) is 7.50. The summed E-state index contributed by atoms with van der Waals surface area (Å²) >= 11 is 7.02. The average molecular weight is 471 g/mol. The Bertz CT molecular complexity index is 1110. The monoisotopic (exact) mass is 470 g/mol. The number of aryl methyl sites for hydroxylation is 1. The van der Waals surface area contributed by atoms with E-state index >= 15 is 0 Å². The zero-order chi connectivity index (χ0) is 23.3. The minimum absolute atomic E-state index is 0.106. The van der Waals surface area contributed by atoms with Gasteiger partial charge in [-0.2, -0.15) is 0 Å². The van der Waals surface area contributed by atoms with Gasteiger partial charge in [0.05, 0.1) is 27.4 Å². The fraction of sp³-hybridized carbons (Fsp3) is 0.250. The zero-order valence-electron chi connectivity index (χ0n) is 18.6. The number of thiophene rings is 1. The lowest BCUT2D eigenvalue weighted by atomic mass is 10.0. The molecule has 1 aromatic heterocycles. The normalized spacial score (nSPS) is 11.4. The second-order valence-corrected chi connectivity index (χ2v) is 8.66. The molecule has 1 heterocycles. The van der Waals surface area contributed by atoms with E-state index < -0.39 is 5.97 Å². The number of anilines is 1. The van der Waals surface area contributed by atoms with Crippen LogP contribution in [0, 0.1) is 6.92 Å². The van der Waals surface area contributed by atoms with E-state index in [0.717, 1.165) is 21.6 Å². The molecule has 3 aromatic rings. The summed E-state index contributed by atoms with van der Waals surface area (Å²) in [5.74, 6) is 0.896. The fourth-order valence-electron chi connectivity index (χ4n) is 3.42. The highest BCUT2D eigenvalue weighted by Crippen LogP contribution is 2.40. The third-order valence-electron chi connectivity index (χ3n) is 5.02. The van der Waals surface area contributed by atoms with Crippen molar-refractivity contribution in [1.29, 1.82) is 0 Å². The smallest absolute Gasteiger partial charge is 0.341 e. The first-order chi connectivity index (χ1) is 15.4. The lowest BCUT2D eigenvalue weighted by Crippen LogP contribution is -2.31. The van der Waals surface area contributed by atoms with Crippen LogP contribution in [-0.4, -0.2) is 32.4 Å². The number of esters is 1. The average Bonchev–Trinajstić information content (AvgIpc) is 3.13. The molecule has 2 aromatic carbocycles. The number of carbonyl (C=O) groups excluding carboxylic acids is 1. The van der Waals surface area contributed by atoms with E-state index in [1.807, 2.05) is 62.4 Å². The van der Waals surface area contributed by atoms with Crippen molar-refractivity contribution in [1.82, 2.24) is 5.32 Å². The molecule has 1 unspecified atom stereocenters. The van der Waals surface area contributed by atoms with Gasteiger partial charge in [0, 0.05) is 10.4 Å². The highest BCUT2D eigenvalue weighted by molar-refractivity contribution is 7.80. The minimum atomic E-state index is -0.411. The number of ether oxygens (including phenoxy) is 3. The van der Waals surface area contributed by atoms with Crippen LogP contribution in [0.5, 0.6) is 11.5 Å². The van der Waals surface area contributed by atoms with Gasteiger partial charge < -0.3 is 24.8 Å². The Morgan fingerprint density at radius 1 is 1.03 bits per heavy atom. The van der Waals surface area contributed by atoms with Crippen molar-refractivity contribution < 1.29 is 19.0 Å². The van der Waals surface area contributed by atoms with E-state index in [9.17, 15) is 4.79 Å². The zero-order valence-corrected chi connectivity index (χ0v) is 20.3. The summed E-state index contributed by atoms with van der Waals surface area (Å²) in [5.41, 5.74) is 3.25. The molecule has 0 bridgehead atoms. The molecule has 0 radical (unpaired) electrons. The van der Waals surface area contributed by atoms with Crippen LogP contribution in [0.2, 0.25) is 0 Å². The van der Waals surface area contributed by atoms with E-state index in [1.54, 1.807) is 14.2 Å². The molecule has 0 aliphatic rings. The largest absolute Gasteiger partial charge is 0.493 e. The predicted octanol–water partition coefficient (Wildman–Crippen LogP) is 5.57. The van der Waals surface area contributed by atoms with Crippen molar-refractivity contribution in [2.45, 2.75) is 19.9 Å². The molecule has 6 nitrogen and oxygen atoms in total. The van der Waals surface area contributed by atoms with Crippen LogP contribution in [0.25, 0.3) is 11.1 Å². The maximum atomic E-state index is 12.7. The van der Waals surface area contributed by atoms with Gasteiger partial charge in [-0.05, 0) is 49.3 Å². The van der Waals surface area contributed by atoms with Crippen LogP contribution >= 0.6 is 23.6 Å². The Hall–Kier alpha value is -3.10. The number of benzene rings is 2. The lowest BCUT2D eigenvalue weighted by Gasteiger charge is -2.19. The van der Waals surface area contributed by atoms with Gasteiger partial charge >= 0.3 is 5.97 Å². The summed E-state index contributed by atoms with van der Waals surface area (Å²) in [4.78, 5) is 13.6. The summed E-state index contributed by atoms with van der Waals surface area (Å²) in [6.07, 6.45) is 0. The Morgan fingerprint density at radius 3 is 2.34 bits per heavy atom. The molecular formula is C24H26N2O4S2. The first-order valence-electron chi connectivity index (χ1n) is 9.96. The van der Waals surface area contributed by atoms with Gasteiger partial charge in [0.25, 0.3) is 0 Å². The van der Waals surface area contributed by atoms with Gasteiger partial charge in [0.15, 0.2) is 16.6 Å². The summed E-state index contributed by atoms with van der Waals surface area (Å²) < 4.78 is 15.8. The molecule has 32 heavy (non-hydrogen) atoms. The van der Waals surface area contributed by atoms with E-state index in [1.165, 1.54) is 18.4 Å². The van der Waals surface area contributed by atoms with E-state index in [0.29, 0.717) is 27.2 Å². The van der Waals surface area contributed by atoms with Gasteiger partial charge in [-0.15, -0.1) is 11.3 Å². The molecule has 0 amide bonds. The Kier molecular flexibility index (Phi) is 7.71. The molecule has 3 rings (SSSR count). The molecule has 2 N–H and O–H groups in total. The van der Waals surface area contributed by atoms with Crippen LogP contribution < -0.4 is 20.1 Å². The maximum absolute atomic E-state index is 12.7. The molecule has 168 valence electrons. The molecule has 0 spiro atoms. The molecule has 8 heteroatoms. The van der Waals surface area contributed by atoms with Gasteiger partial charge in [0.2, 0.25) is 0 Å². The van der Waals surface area contributed by atoms with Crippen molar-refractivity contribution >= 4 is 39.6 Å². The van der Waals surface area contributed by atoms with Crippen molar-refractivity contribution in [2.24, 2.45) is 0 Å². The number of hydrogen-bond donors (Lipinski definition) is 2. The SMILES string of the molecule is COC(=O)c1c(NC(=S)NC(C)c2ccc(OC)c(OC)c2)sc(C)c1-c1ccccc1. The number of hydrogen-bond acceptors (Lipinski definition) is 6. The molecule has 0 saturated heterocycles. The molecule has 0 fully saturated rings. The maximum Gasteiger partial charge on any atom is 0.341 e. The van der Waals surface area contributed by atoms with Crippen LogP contribution in [0.4, 0.5) is 5.00 Å². The molecule has 0 aliphatic heterocycles. The summed E-state index contributed by atoms with van der Waals surface area (Å²) in [6, 6.07) is 15.4. The van der Waals surface area contributed by atoms with Gasteiger partial charge in [0.1, 0.15) is 10.6 Å². The third kappa shape index (κ3) is 5.03. The predicted molar refractivity (Wildman–Crippen MR) is 133 cm³/mol.